The second-order valence-electron chi connectivity index (χ2n) is 6.81. The van der Waals surface area contributed by atoms with Gasteiger partial charge in [-0.05, 0) is 58.5 Å². The highest BCUT2D eigenvalue weighted by Crippen LogP contribution is 2.32. The SMILES string of the molecule is O[C@H](c1ccccc1)C1CCN(c2ccc3cc(Br)c(F)cc3n2)CC1. The molecule has 0 saturated carbocycles. The highest BCUT2D eigenvalue weighted by atomic mass is 79.9. The minimum absolute atomic E-state index is 0.252. The number of halogens is 2. The van der Waals surface area contributed by atoms with Crippen molar-refractivity contribution < 1.29 is 9.50 Å². The topological polar surface area (TPSA) is 36.4 Å². The average molecular weight is 415 g/mol. The molecule has 5 heteroatoms. The summed E-state index contributed by atoms with van der Waals surface area (Å²) in [6.45, 7) is 1.68. The summed E-state index contributed by atoms with van der Waals surface area (Å²) in [5.74, 6) is 0.821. The molecule has 3 nitrogen and oxygen atoms in total. The Labute approximate surface area is 160 Å². The molecule has 1 saturated heterocycles. The molecule has 26 heavy (non-hydrogen) atoms. The number of nitrogens with zero attached hydrogens (tertiary/aromatic N) is 2. The average Bonchev–Trinajstić information content (AvgIpc) is 2.69. The molecule has 1 aliphatic heterocycles. The van der Waals surface area contributed by atoms with Crippen molar-refractivity contribution in [3.05, 3.63) is 70.5 Å². The van der Waals surface area contributed by atoms with Crippen molar-refractivity contribution >= 4 is 32.7 Å². The van der Waals surface area contributed by atoms with E-state index in [9.17, 15) is 9.50 Å². The molecule has 0 spiro atoms. The zero-order valence-electron chi connectivity index (χ0n) is 14.3. The van der Waals surface area contributed by atoms with Crippen LogP contribution in [0.3, 0.4) is 0 Å². The van der Waals surface area contributed by atoms with E-state index in [0.717, 1.165) is 42.7 Å². The van der Waals surface area contributed by atoms with Gasteiger partial charge >= 0.3 is 0 Å². The summed E-state index contributed by atoms with van der Waals surface area (Å²) in [6, 6.07) is 17.0. The fraction of sp³-hybridized carbons (Fsp3) is 0.286. The number of aromatic nitrogens is 1. The molecule has 0 unspecified atom stereocenters. The van der Waals surface area contributed by atoms with E-state index in [4.69, 9.17) is 0 Å². The Kier molecular flexibility index (Phi) is 4.92. The zero-order valence-corrected chi connectivity index (χ0v) is 15.9. The largest absolute Gasteiger partial charge is 0.388 e. The molecule has 2 heterocycles. The molecule has 3 aromatic rings. The number of aliphatic hydroxyl groups is 1. The number of piperidine rings is 1. The maximum Gasteiger partial charge on any atom is 0.139 e. The van der Waals surface area contributed by atoms with Gasteiger partial charge in [0, 0.05) is 24.5 Å². The Morgan fingerprint density at radius 1 is 1.08 bits per heavy atom. The van der Waals surface area contributed by atoms with Crippen LogP contribution < -0.4 is 4.90 Å². The number of anilines is 1. The van der Waals surface area contributed by atoms with Crippen molar-refractivity contribution in [2.45, 2.75) is 18.9 Å². The normalized spacial score (nSPS) is 16.8. The van der Waals surface area contributed by atoms with E-state index < -0.39 is 6.10 Å². The smallest absolute Gasteiger partial charge is 0.139 e. The lowest BCUT2D eigenvalue weighted by molar-refractivity contribution is 0.0929. The summed E-state index contributed by atoms with van der Waals surface area (Å²) in [7, 11) is 0. The first kappa shape index (κ1) is 17.4. The van der Waals surface area contributed by atoms with Gasteiger partial charge in [-0.15, -0.1) is 0 Å². The van der Waals surface area contributed by atoms with Crippen molar-refractivity contribution in [1.29, 1.82) is 0 Å². The highest BCUT2D eigenvalue weighted by molar-refractivity contribution is 9.10. The number of aliphatic hydroxyl groups excluding tert-OH is 1. The first-order valence-electron chi connectivity index (χ1n) is 8.85. The summed E-state index contributed by atoms with van der Waals surface area (Å²) in [5, 5.41) is 11.5. The molecule has 0 bridgehead atoms. The Hall–Kier alpha value is -1.98. The maximum atomic E-state index is 13.8. The van der Waals surface area contributed by atoms with E-state index in [-0.39, 0.29) is 11.7 Å². The van der Waals surface area contributed by atoms with Crippen molar-refractivity contribution in [1.82, 2.24) is 4.98 Å². The van der Waals surface area contributed by atoms with Gasteiger partial charge in [0.2, 0.25) is 0 Å². The van der Waals surface area contributed by atoms with Crippen LogP contribution in [-0.4, -0.2) is 23.2 Å². The predicted molar refractivity (Wildman–Crippen MR) is 106 cm³/mol. The van der Waals surface area contributed by atoms with Gasteiger partial charge in [-0.1, -0.05) is 30.3 Å². The van der Waals surface area contributed by atoms with Gasteiger partial charge in [0.05, 0.1) is 16.1 Å². The van der Waals surface area contributed by atoms with E-state index in [1.54, 1.807) is 6.07 Å². The maximum absolute atomic E-state index is 13.8. The molecule has 1 N–H and O–H groups in total. The van der Waals surface area contributed by atoms with Crippen molar-refractivity contribution in [3.8, 4) is 0 Å². The Balaban J connectivity index is 1.48. The van der Waals surface area contributed by atoms with Crippen LogP contribution in [0.5, 0.6) is 0 Å². The van der Waals surface area contributed by atoms with Crippen LogP contribution in [0, 0.1) is 11.7 Å². The van der Waals surface area contributed by atoms with E-state index in [1.165, 1.54) is 6.07 Å². The van der Waals surface area contributed by atoms with E-state index in [1.807, 2.05) is 42.5 Å². The van der Waals surface area contributed by atoms with Crippen LogP contribution in [-0.2, 0) is 0 Å². The molecule has 0 amide bonds. The van der Waals surface area contributed by atoms with E-state index in [0.29, 0.717) is 9.99 Å². The monoisotopic (exact) mass is 414 g/mol. The summed E-state index contributed by atoms with van der Waals surface area (Å²) >= 11 is 3.21. The van der Waals surface area contributed by atoms with Crippen molar-refractivity contribution in [2.75, 3.05) is 18.0 Å². The zero-order chi connectivity index (χ0) is 18.1. The van der Waals surface area contributed by atoms with Crippen LogP contribution in [0.25, 0.3) is 10.9 Å². The molecule has 1 aromatic heterocycles. The summed E-state index contributed by atoms with van der Waals surface area (Å²) in [5.41, 5.74) is 1.64. The Morgan fingerprint density at radius 3 is 2.54 bits per heavy atom. The van der Waals surface area contributed by atoms with Crippen LogP contribution in [0.1, 0.15) is 24.5 Å². The molecular formula is C21H20BrFN2O. The third-order valence-electron chi connectivity index (χ3n) is 5.17. The number of rotatable bonds is 3. The van der Waals surface area contributed by atoms with Gasteiger partial charge in [-0.25, -0.2) is 9.37 Å². The van der Waals surface area contributed by atoms with Gasteiger partial charge in [0.25, 0.3) is 0 Å². The molecule has 1 aliphatic rings. The lowest BCUT2D eigenvalue weighted by Crippen LogP contribution is -2.36. The Bertz CT molecular complexity index is 911. The second-order valence-corrected chi connectivity index (χ2v) is 7.66. The number of hydrogen-bond acceptors (Lipinski definition) is 3. The summed E-state index contributed by atoms with van der Waals surface area (Å²) < 4.78 is 14.2. The van der Waals surface area contributed by atoms with Crippen LogP contribution >= 0.6 is 15.9 Å². The minimum Gasteiger partial charge on any atom is -0.388 e. The summed E-state index contributed by atoms with van der Waals surface area (Å²) in [4.78, 5) is 6.85. The Morgan fingerprint density at radius 2 is 1.81 bits per heavy atom. The second kappa shape index (κ2) is 7.33. The van der Waals surface area contributed by atoms with Gasteiger partial charge in [0.1, 0.15) is 11.6 Å². The van der Waals surface area contributed by atoms with Crippen molar-refractivity contribution in [2.24, 2.45) is 5.92 Å². The predicted octanol–water partition coefficient (Wildman–Crippen LogP) is 5.09. The van der Waals surface area contributed by atoms with Gasteiger partial charge in [0.15, 0.2) is 0 Å². The fourth-order valence-corrected chi connectivity index (χ4v) is 4.01. The number of fused-ring (bicyclic) bond motifs is 1. The third kappa shape index (κ3) is 3.46. The molecule has 2 aromatic carbocycles. The third-order valence-corrected chi connectivity index (χ3v) is 5.78. The molecule has 1 atom stereocenters. The first-order valence-corrected chi connectivity index (χ1v) is 9.65. The molecular weight excluding hydrogens is 395 g/mol. The van der Waals surface area contributed by atoms with E-state index >= 15 is 0 Å². The molecule has 4 rings (SSSR count). The lowest BCUT2D eigenvalue weighted by Gasteiger charge is -2.35. The molecule has 0 radical (unpaired) electrons. The van der Waals surface area contributed by atoms with E-state index in [2.05, 4.69) is 25.8 Å². The molecule has 0 aliphatic carbocycles. The van der Waals surface area contributed by atoms with Gasteiger partial charge in [-0.2, -0.15) is 0 Å². The van der Waals surface area contributed by atoms with Gasteiger partial charge < -0.3 is 10.0 Å². The van der Waals surface area contributed by atoms with Crippen LogP contribution in [0.2, 0.25) is 0 Å². The number of pyridine rings is 1. The summed E-state index contributed by atoms with van der Waals surface area (Å²) in [6.07, 6.45) is 1.39. The molecule has 134 valence electrons. The van der Waals surface area contributed by atoms with Crippen molar-refractivity contribution in [3.63, 3.8) is 0 Å². The highest BCUT2D eigenvalue weighted by Gasteiger charge is 2.26. The fourth-order valence-electron chi connectivity index (χ4n) is 3.65. The van der Waals surface area contributed by atoms with Gasteiger partial charge in [-0.3, -0.25) is 0 Å². The van der Waals surface area contributed by atoms with Crippen LogP contribution in [0.4, 0.5) is 10.2 Å². The van der Waals surface area contributed by atoms with Crippen LogP contribution in [0.15, 0.2) is 59.1 Å². The lowest BCUT2D eigenvalue weighted by atomic mass is 9.87. The quantitative estimate of drug-likeness (QED) is 0.648. The first-order chi connectivity index (χ1) is 12.6. The number of hydrogen-bond donors (Lipinski definition) is 1. The molecule has 1 fully saturated rings. The number of benzene rings is 2. The minimum atomic E-state index is -0.422. The standard InChI is InChI=1S/C21H20BrFN2O/c22-17-12-16-6-7-20(24-19(16)13-18(17)23)25-10-8-15(9-11-25)21(26)14-4-2-1-3-5-14/h1-7,12-13,15,21,26H,8-11H2/t21-/m1/s1.